The van der Waals surface area contributed by atoms with Crippen molar-refractivity contribution in [2.24, 2.45) is 0 Å². The van der Waals surface area contributed by atoms with Crippen molar-refractivity contribution in [1.82, 2.24) is 19.9 Å². The average Bonchev–Trinajstić information content (AvgIpc) is 3.51. The van der Waals surface area contributed by atoms with Crippen LogP contribution in [0.25, 0.3) is 11.1 Å². The van der Waals surface area contributed by atoms with E-state index in [-0.39, 0.29) is 5.91 Å². The third-order valence-electron chi connectivity index (χ3n) is 5.63. The van der Waals surface area contributed by atoms with Crippen molar-refractivity contribution in [3.05, 3.63) is 60.1 Å². The zero-order valence-electron chi connectivity index (χ0n) is 16.2. The van der Waals surface area contributed by atoms with Gasteiger partial charge in [0.15, 0.2) is 5.82 Å². The van der Waals surface area contributed by atoms with Crippen molar-refractivity contribution in [3.8, 4) is 11.1 Å². The first-order valence-corrected chi connectivity index (χ1v) is 9.55. The summed E-state index contributed by atoms with van der Waals surface area (Å²) in [5.41, 5.74) is 4.10. The summed E-state index contributed by atoms with van der Waals surface area (Å²) in [5.74, 6) is 1.82. The lowest BCUT2D eigenvalue weighted by molar-refractivity contribution is -0.121. The molecular weight excluding hydrogens is 350 g/mol. The molecule has 0 bridgehead atoms. The number of fused-ring (bicyclic) bond motifs is 1. The van der Waals surface area contributed by atoms with E-state index in [9.17, 15) is 4.79 Å². The molecular formula is C22H21N5O. The van der Waals surface area contributed by atoms with E-state index < -0.39 is 5.41 Å². The van der Waals surface area contributed by atoms with Gasteiger partial charge >= 0.3 is 0 Å². The number of anilines is 2. The highest BCUT2D eigenvalue weighted by Crippen LogP contribution is 2.47. The van der Waals surface area contributed by atoms with Crippen LogP contribution in [0.3, 0.4) is 0 Å². The molecule has 1 saturated carbocycles. The van der Waals surface area contributed by atoms with Crippen LogP contribution < -0.4 is 4.90 Å². The van der Waals surface area contributed by atoms with Gasteiger partial charge in [-0.2, -0.15) is 0 Å². The normalized spacial score (nSPS) is 17.7. The van der Waals surface area contributed by atoms with Crippen molar-refractivity contribution in [2.75, 3.05) is 4.90 Å². The van der Waals surface area contributed by atoms with Gasteiger partial charge in [-0.3, -0.25) is 14.7 Å². The monoisotopic (exact) mass is 371 g/mol. The highest BCUT2D eigenvalue weighted by molar-refractivity contribution is 6.12. The van der Waals surface area contributed by atoms with Crippen LogP contribution >= 0.6 is 0 Å². The maximum atomic E-state index is 13.3. The second-order valence-corrected chi connectivity index (χ2v) is 8.09. The summed E-state index contributed by atoms with van der Waals surface area (Å²) in [6.45, 7) is 5.78. The lowest BCUT2D eigenvalue weighted by atomic mass is 9.85. The van der Waals surface area contributed by atoms with Crippen LogP contribution in [0, 0.1) is 6.92 Å². The van der Waals surface area contributed by atoms with Gasteiger partial charge in [0.1, 0.15) is 5.82 Å². The van der Waals surface area contributed by atoms with Gasteiger partial charge in [0.2, 0.25) is 5.91 Å². The van der Waals surface area contributed by atoms with Crippen molar-refractivity contribution in [3.63, 3.8) is 0 Å². The molecule has 2 aromatic heterocycles. The Morgan fingerprint density at radius 3 is 2.50 bits per heavy atom. The van der Waals surface area contributed by atoms with E-state index in [4.69, 9.17) is 4.98 Å². The van der Waals surface area contributed by atoms with E-state index in [1.807, 2.05) is 57.6 Å². The summed E-state index contributed by atoms with van der Waals surface area (Å²) in [6.07, 6.45) is 9.40. The molecule has 0 radical (unpaired) electrons. The number of hydrogen-bond donors (Lipinski definition) is 0. The fourth-order valence-electron chi connectivity index (χ4n) is 3.75. The Hall–Kier alpha value is -3.15. The number of aromatic nitrogens is 4. The molecule has 1 amide bonds. The third-order valence-corrected chi connectivity index (χ3v) is 5.63. The predicted molar refractivity (Wildman–Crippen MR) is 106 cm³/mol. The molecule has 1 aromatic carbocycles. The molecule has 0 unspecified atom stereocenters. The van der Waals surface area contributed by atoms with Crippen LogP contribution in [-0.4, -0.2) is 25.8 Å². The second-order valence-electron chi connectivity index (χ2n) is 8.09. The second kappa shape index (κ2) is 5.92. The lowest BCUT2D eigenvalue weighted by Gasteiger charge is -2.19. The molecule has 28 heavy (non-hydrogen) atoms. The summed E-state index contributed by atoms with van der Waals surface area (Å²) < 4.78 is 0. The van der Waals surface area contributed by atoms with Gasteiger partial charge in [-0.25, -0.2) is 15.0 Å². The topological polar surface area (TPSA) is 71.9 Å². The third kappa shape index (κ3) is 2.59. The van der Waals surface area contributed by atoms with Gasteiger partial charge in [-0.1, -0.05) is 12.1 Å². The summed E-state index contributed by atoms with van der Waals surface area (Å²) in [6, 6.07) is 6.08. The number of aryl methyl sites for hydroxylation is 1. The molecule has 2 aliphatic rings. The van der Waals surface area contributed by atoms with E-state index in [2.05, 4.69) is 15.0 Å². The number of benzene rings is 1. The molecule has 0 spiro atoms. The van der Waals surface area contributed by atoms with Crippen LogP contribution in [0.1, 0.15) is 49.7 Å². The highest BCUT2D eigenvalue weighted by Gasteiger charge is 2.45. The zero-order valence-corrected chi connectivity index (χ0v) is 16.2. The van der Waals surface area contributed by atoms with E-state index in [0.29, 0.717) is 11.7 Å². The Labute approximate surface area is 163 Å². The van der Waals surface area contributed by atoms with Crippen LogP contribution in [0.15, 0.2) is 43.0 Å². The number of hydrogen-bond acceptors (Lipinski definition) is 5. The summed E-state index contributed by atoms with van der Waals surface area (Å²) in [4.78, 5) is 32.7. The van der Waals surface area contributed by atoms with E-state index in [1.54, 1.807) is 11.1 Å². The van der Waals surface area contributed by atoms with Crippen molar-refractivity contribution in [2.45, 2.75) is 44.9 Å². The van der Waals surface area contributed by atoms with E-state index >= 15 is 0 Å². The summed E-state index contributed by atoms with van der Waals surface area (Å²) >= 11 is 0. The minimum absolute atomic E-state index is 0.0158. The molecule has 1 aliphatic heterocycles. The van der Waals surface area contributed by atoms with Gasteiger partial charge in [0, 0.05) is 30.1 Å². The zero-order chi connectivity index (χ0) is 19.5. The van der Waals surface area contributed by atoms with Gasteiger partial charge in [0.25, 0.3) is 0 Å². The van der Waals surface area contributed by atoms with Crippen LogP contribution in [0.5, 0.6) is 0 Å². The standard InChI is InChI=1S/C22H21N5O/c1-13-24-9-16(10-25-13)15-6-7-17-19(8-15)27(21(28)22(17,2)3)20-12-23-11-18(26-20)14-4-5-14/h6-12,14H,4-5H2,1-3H3. The van der Waals surface area contributed by atoms with Gasteiger partial charge in [-0.15, -0.1) is 0 Å². The number of carbonyl (C=O) groups excluding carboxylic acids is 1. The minimum Gasteiger partial charge on any atom is -0.273 e. The number of rotatable bonds is 3. The lowest BCUT2D eigenvalue weighted by Crippen LogP contribution is -2.33. The Morgan fingerprint density at radius 2 is 1.79 bits per heavy atom. The first-order valence-electron chi connectivity index (χ1n) is 9.55. The molecule has 1 fully saturated rings. The molecule has 140 valence electrons. The fourth-order valence-corrected chi connectivity index (χ4v) is 3.75. The largest absolute Gasteiger partial charge is 0.273 e. The molecule has 0 N–H and O–H groups in total. The van der Waals surface area contributed by atoms with Crippen LogP contribution in [0.4, 0.5) is 11.5 Å². The highest BCUT2D eigenvalue weighted by atomic mass is 16.2. The number of nitrogens with zero attached hydrogens (tertiary/aromatic N) is 5. The molecule has 3 heterocycles. The van der Waals surface area contributed by atoms with Crippen molar-refractivity contribution >= 4 is 17.4 Å². The Bertz CT molecular complexity index is 1090. The SMILES string of the molecule is Cc1ncc(-c2ccc3c(c2)N(c2cncc(C4CC4)n2)C(=O)C3(C)C)cn1. The molecule has 6 heteroatoms. The fraction of sp³-hybridized carbons (Fsp3) is 0.318. The maximum Gasteiger partial charge on any atom is 0.242 e. The quantitative estimate of drug-likeness (QED) is 0.694. The first kappa shape index (κ1) is 17.0. The van der Waals surface area contributed by atoms with Gasteiger partial charge in [-0.05, 0) is 50.8 Å². The minimum atomic E-state index is -0.616. The van der Waals surface area contributed by atoms with E-state index in [1.165, 1.54) is 0 Å². The van der Waals surface area contributed by atoms with E-state index in [0.717, 1.165) is 46.7 Å². The van der Waals surface area contributed by atoms with Crippen molar-refractivity contribution < 1.29 is 4.79 Å². The Morgan fingerprint density at radius 1 is 1.04 bits per heavy atom. The van der Waals surface area contributed by atoms with Crippen molar-refractivity contribution in [1.29, 1.82) is 0 Å². The predicted octanol–water partition coefficient (Wildman–Crippen LogP) is 4.08. The number of carbonyl (C=O) groups is 1. The Kier molecular flexibility index (Phi) is 3.59. The summed E-state index contributed by atoms with van der Waals surface area (Å²) in [7, 11) is 0. The average molecular weight is 371 g/mol. The summed E-state index contributed by atoms with van der Waals surface area (Å²) in [5, 5.41) is 0. The Balaban J connectivity index is 1.64. The van der Waals surface area contributed by atoms with Crippen LogP contribution in [0.2, 0.25) is 0 Å². The smallest absolute Gasteiger partial charge is 0.242 e. The van der Waals surface area contributed by atoms with Gasteiger partial charge in [0.05, 0.1) is 23.0 Å². The molecule has 3 aromatic rings. The van der Waals surface area contributed by atoms with Gasteiger partial charge < -0.3 is 0 Å². The molecule has 5 rings (SSSR count). The van der Waals surface area contributed by atoms with Crippen LogP contribution in [-0.2, 0) is 10.2 Å². The molecule has 6 nitrogen and oxygen atoms in total. The molecule has 1 aliphatic carbocycles. The number of amides is 1. The first-order chi connectivity index (χ1) is 13.4. The molecule has 0 saturated heterocycles. The maximum absolute atomic E-state index is 13.3. The molecule has 0 atom stereocenters.